The van der Waals surface area contributed by atoms with Crippen molar-refractivity contribution in [2.24, 2.45) is 0 Å². The number of aromatic amines is 1. The molecule has 2 aromatic rings. The van der Waals surface area contributed by atoms with Gasteiger partial charge in [0.15, 0.2) is 5.82 Å². The van der Waals surface area contributed by atoms with Crippen molar-refractivity contribution in [2.75, 3.05) is 11.8 Å². The number of anilines is 1. The first-order chi connectivity index (χ1) is 9.83. The molecule has 0 atom stereocenters. The fourth-order valence-corrected chi connectivity index (χ4v) is 2.78. The molecule has 21 heavy (non-hydrogen) atoms. The summed E-state index contributed by atoms with van der Waals surface area (Å²) in [6, 6.07) is 5.47. The highest BCUT2D eigenvalue weighted by Gasteiger charge is 2.18. The summed E-state index contributed by atoms with van der Waals surface area (Å²) >= 11 is 0. The van der Waals surface area contributed by atoms with Crippen molar-refractivity contribution in [1.82, 2.24) is 10.2 Å². The minimum absolute atomic E-state index is 0.0284. The van der Waals surface area contributed by atoms with Gasteiger partial charge in [-0.25, -0.2) is 13.2 Å². The molecule has 2 rings (SSSR count). The number of aryl methyl sites for hydroxylation is 1. The number of hydrogen-bond donors (Lipinski definition) is 3. The molecule has 0 unspecified atom stereocenters. The van der Waals surface area contributed by atoms with Crippen LogP contribution in [0.15, 0.2) is 29.2 Å². The van der Waals surface area contributed by atoms with Gasteiger partial charge in [0.05, 0.1) is 12.0 Å². The Morgan fingerprint density at radius 3 is 2.62 bits per heavy atom. The van der Waals surface area contributed by atoms with E-state index in [1.54, 1.807) is 6.92 Å². The molecule has 1 heterocycles. The monoisotopic (exact) mass is 311 g/mol. The van der Waals surface area contributed by atoms with E-state index in [0.29, 0.717) is 11.3 Å². The van der Waals surface area contributed by atoms with Gasteiger partial charge in [-0.15, -0.1) is 0 Å². The number of methoxy groups -OCH3 is 1. The van der Waals surface area contributed by atoms with E-state index >= 15 is 0 Å². The lowest BCUT2D eigenvalue weighted by Gasteiger charge is -2.08. The number of carbonyl (C=O) groups is 1. The third-order valence-electron chi connectivity index (χ3n) is 2.72. The maximum atomic E-state index is 12.2. The van der Waals surface area contributed by atoms with Crippen LogP contribution >= 0.6 is 0 Å². The minimum atomic E-state index is -3.85. The number of sulfonamides is 1. The third kappa shape index (κ3) is 3.14. The fraction of sp³-hybridized carbons (Fsp3) is 0.167. The van der Waals surface area contributed by atoms with Crippen molar-refractivity contribution in [3.63, 3.8) is 0 Å². The molecule has 112 valence electrons. The van der Waals surface area contributed by atoms with Gasteiger partial charge < -0.3 is 9.84 Å². The number of ether oxygens (including phenoxy) is 1. The van der Waals surface area contributed by atoms with Gasteiger partial charge in [0.2, 0.25) is 0 Å². The second kappa shape index (κ2) is 5.44. The molecule has 3 N–H and O–H groups in total. The standard InChI is InChI=1S/C12H13N3O5S/c1-7-5-8(3-4-10(7)20-2)21(18,19)15-11-6-9(12(16)17)13-14-11/h3-6H,1-2H3,(H,16,17)(H2,13,14,15). The summed E-state index contributed by atoms with van der Waals surface area (Å²) < 4.78 is 31.6. The SMILES string of the molecule is COc1ccc(S(=O)(=O)Nc2cc(C(=O)O)[nH]n2)cc1C. The van der Waals surface area contributed by atoms with Gasteiger partial charge in [-0.1, -0.05) is 0 Å². The Morgan fingerprint density at radius 2 is 2.10 bits per heavy atom. The summed E-state index contributed by atoms with van der Waals surface area (Å²) in [7, 11) is -2.36. The summed E-state index contributed by atoms with van der Waals surface area (Å²) in [6.45, 7) is 1.72. The molecular formula is C12H13N3O5S. The van der Waals surface area contributed by atoms with E-state index in [1.165, 1.54) is 25.3 Å². The number of aromatic nitrogens is 2. The fourth-order valence-electron chi connectivity index (χ4n) is 1.70. The van der Waals surface area contributed by atoms with Crippen molar-refractivity contribution in [3.8, 4) is 5.75 Å². The first kappa shape index (κ1) is 14.9. The number of hydrogen-bond acceptors (Lipinski definition) is 5. The van der Waals surface area contributed by atoms with Crippen LogP contribution in [0.3, 0.4) is 0 Å². The van der Waals surface area contributed by atoms with Gasteiger partial charge in [-0.2, -0.15) is 5.10 Å². The van der Waals surface area contributed by atoms with Crippen molar-refractivity contribution >= 4 is 21.8 Å². The van der Waals surface area contributed by atoms with Crippen molar-refractivity contribution in [2.45, 2.75) is 11.8 Å². The van der Waals surface area contributed by atoms with E-state index in [0.717, 1.165) is 6.07 Å². The van der Waals surface area contributed by atoms with Crippen LogP contribution in [-0.4, -0.2) is 36.8 Å². The molecule has 0 fully saturated rings. The van der Waals surface area contributed by atoms with E-state index in [4.69, 9.17) is 9.84 Å². The smallest absolute Gasteiger partial charge is 0.353 e. The molecule has 8 nitrogen and oxygen atoms in total. The summed E-state index contributed by atoms with van der Waals surface area (Å²) in [5.74, 6) is -0.754. The lowest BCUT2D eigenvalue weighted by atomic mass is 10.2. The van der Waals surface area contributed by atoms with E-state index in [2.05, 4.69) is 14.9 Å². The Balaban J connectivity index is 2.29. The Bertz CT molecular complexity index is 782. The lowest BCUT2D eigenvalue weighted by Crippen LogP contribution is -2.13. The second-order valence-corrected chi connectivity index (χ2v) is 5.89. The molecule has 0 saturated heterocycles. The first-order valence-electron chi connectivity index (χ1n) is 5.79. The number of aromatic carboxylic acids is 1. The molecule has 1 aromatic heterocycles. The van der Waals surface area contributed by atoms with Gasteiger partial charge in [-0.3, -0.25) is 9.82 Å². The van der Waals surface area contributed by atoms with E-state index in [-0.39, 0.29) is 16.4 Å². The van der Waals surface area contributed by atoms with Crippen LogP contribution in [-0.2, 0) is 10.0 Å². The van der Waals surface area contributed by atoms with Gasteiger partial charge in [0.1, 0.15) is 11.4 Å². The number of benzene rings is 1. The predicted molar refractivity (Wildman–Crippen MR) is 74.1 cm³/mol. The molecule has 0 aliphatic rings. The maximum Gasteiger partial charge on any atom is 0.353 e. The highest BCUT2D eigenvalue weighted by Crippen LogP contribution is 2.22. The molecular weight excluding hydrogens is 298 g/mol. The number of carboxylic acids is 1. The average Bonchev–Trinajstić information content (AvgIpc) is 2.86. The molecule has 0 aliphatic carbocycles. The average molecular weight is 311 g/mol. The number of nitrogens with zero attached hydrogens (tertiary/aromatic N) is 1. The Labute approximate surface area is 120 Å². The highest BCUT2D eigenvalue weighted by atomic mass is 32.2. The largest absolute Gasteiger partial charge is 0.496 e. The van der Waals surface area contributed by atoms with Crippen LogP contribution in [0.2, 0.25) is 0 Å². The second-order valence-electron chi connectivity index (χ2n) is 4.21. The van der Waals surface area contributed by atoms with Crippen LogP contribution in [0.5, 0.6) is 5.75 Å². The quantitative estimate of drug-likeness (QED) is 0.763. The minimum Gasteiger partial charge on any atom is -0.496 e. The summed E-state index contributed by atoms with van der Waals surface area (Å²) in [5, 5.41) is 14.5. The lowest BCUT2D eigenvalue weighted by molar-refractivity contribution is 0.0690. The normalized spacial score (nSPS) is 11.1. The first-order valence-corrected chi connectivity index (χ1v) is 7.28. The predicted octanol–water partition coefficient (Wildman–Crippen LogP) is 1.23. The Kier molecular flexibility index (Phi) is 3.85. The third-order valence-corrected chi connectivity index (χ3v) is 4.08. The van der Waals surface area contributed by atoms with Gasteiger partial charge >= 0.3 is 5.97 Å². The Hall–Kier alpha value is -2.55. The number of H-pyrrole nitrogens is 1. The molecule has 0 aliphatic heterocycles. The molecule has 1 aromatic carbocycles. The molecule has 0 amide bonds. The highest BCUT2D eigenvalue weighted by molar-refractivity contribution is 7.92. The van der Waals surface area contributed by atoms with Gasteiger partial charge in [0.25, 0.3) is 10.0 Å². The molecule has 0 spiro atoms. The van der Waals surface area contributed by atoms with E-state index in [1.807, 2.05) is 0 Å². The van der Waals surface area contributed by atoms with Crippen LogP contribution in [0, 0.1) is 6.92 Å². The zero-order valence-corrected chi connectivity index (χ0v) is 12.1. The summed E-state index contributed by atoms with van der Waals surface area (Å²) in [6.07, 6.45) is 0. The van der Waals surface area contributed by atoms with Gasteiger partial charge in [0, 0.05) is 6.07 Å². The van der Waals surface area contributed by atoms with Gasteiger partial charge in [-0.05, 0) is 30.7 Å². The zero-order valence-electron chi connectivity index (χ0n) is 11.2. The molecule has 0 bridgehead atoms. The van der Waals surface area contributed by atoms with E-state index < -0.39 is 16.0 Å². The number of carboxylic acid groups (broad SMARTS) is 1. The Morgan fingerprint density at radius 1 is 1.38 bits per heavy atom. The number of nitrogens with one attached hydrogen (secondary N) is 2. The van der Waals surface area contributed by atoms with E-state index in [9.17, 15) is 13.2 Å². The van der Waals surface area contributed by atoms with Crippen LogP contribution in [0.1, 0.15) is 16.1 Å². The van der Waals surface area contributed by atoms with Crippen molar-refractivity contribution in [3.05, 3.63) is 35.5 Å². The van der Waals surface area contributed by atoms with Crippen molar-refractivity contribution in [1.29, 1.82) is 0 Å². The topological polar surface area (TPSA) is 121 Å². The maximum absolute atomic E-state index is 12.2. The number of rotatable bonds is 5. The van der Waals surface area contributed by atoms with Crippen LogP contribution in [0.25, 0.3) is 0 Å². The summed E-state index contributed by atoms with van der Waals surface area (Å²) in [5.41, 5.74) is 0.451. The zero-order chi connectivity index (χ0) is 15.6. The van der Waals surface area contributed by atoms with Crippen molar-refractivity contribution < 1.29 is 23.1 Å². The molecule has 9 heteroatoms. The van der Waals surface area contributed by atoms with Crippen LogP contribution < -0.4 is 9.46 Å². The van der Waals surface area contributed by atoms with Crippen LogP contribution in [0.4, 0.5) is 5.82 Å². The molecule has 0 saturated carbocycles. The molecule has 0 radical (unpaired) electrons. The summed E-state index contributed by atoms with van der Waals surface area (Å²) in [4.78, 5) is 10.7.